The van der Waals surface area contributed by atoms with E-state index in [1.165, 1.54) is 6.33 Å². The quantitative estimate of drug-likeness (QED) is 0.639. The van der Waals surface area contributed by atoms with Gasteiger partial charge in [0.1, 0.15) is 29.3 Å². The van der Waals surface area contributed by atoms with Crippen LogP contribution in [0, 0.1) is 0 Å². The van der Waals surface area contributed by atoms with Gasteiger partial charge in [0.15, 0.2) is 0 Å². The molecule has 0 saturated heterocycles. The van der Waals surface area contributed by atoms with Gasteiger partial charge in [0, 0.05) is 6.20 Å². The standard InChI is InChI=1S/C11H12ClN3O3/c12-10-5-1-2-15(11(5)14-4-13-10)6-3-7(16)9(18)8(6)17/h1-2,4,6-9,16-18H,3H2/t6-,7+,8+,9-/m0/s1. The van der Waals surface area contributed by atoms with Crippen molar-refractivity contribution in [2.75, 3.05) is 0 Å². The number of hydrogen-bond acceptors (Lipinski definition) is 5. The minimum absolute atomic E-state index is 0.272. The summed E-state index contributed by atoms with van der Waals surface area (Å²) in [7, 11) is 0. The number of aromatic nitrogens is 3. The van der Waals surface area contributed by atoms with Crippen molar-refractivity contribution < 1.29 is 15.3 Å². The Labute approximate surface area is 107 Å². The molecule has 0 aromatic carbocycles. The van der Waals surface area contributed by atoms with Crippen LogP contribution in [0.5, 0.6) is 0 Å². The van der Waals surface area contributed by atoms with E-state index in [1.807, 2.05) is 0 Å². The molecule has 7 heteroatoms. The van der Waals surface area contributed by atoms with E-state index in [4.69, 9.17) is 11.6 Å². The van der Waals surface area contributed by atoms with Crippen LogP contribution < -0.4 is 0 Å². The SMILES string of the molecule is O[C@@H]1[C@H](O)[C@@H](n2ccc3c(Cl)ncnc32)C[C@H]1O. The van der Waals surface area contributed by atoms with Crippen LogP contribution in [0.25, 0.3) is 11.0 Å². The summed E-state index contributed by atoms with van der Waals surface area (Å²) in [5.41, 5.74) is 0.584. The van der Waals surface area contributed by atoms with Gasteiger partial charge in [-0.2, -0.15) is 0 Å². The first-order chi connectivity index (χ1) is 8.59. The summed E-state index contributed by atoms with van der Waals surface area (Å²) in [5.74, 6) is 0. The van der Waals surface area contributed by atoms with E-state index in [-0.39, 0.29) is 6.42 Å². The van der Waals surface area contributed by atoms with Crippen molar-refractivity contribution >= 4 is 22.6 Å². The lowest BCUT2D eigenvalue weighted by Crippen LogP contribution is -2.31. The zero-order valence-electron chi connectivity index (χ0n) is 9.31. The van der Waals surface area contributed by atoms with Gasteiger partial charge in [0.25, 0.3) is 0 Å². The molecule has 96 valence electrons. The maximum atomic E-state index is 9.92. The van der Waals surface area contributed by atoms with Gasteiger partial charge < -0.3 is 19.9 Å². The van der Waals surface area contributed by atoms with Crippen LogP contribution in [0.3, 0.4) is 0 Å². The second-order valence-electron chi connectivity index (χ2n) is 4.48. The van der Waals surface area contributed by atoms with Crippen LogP contribution >= 0.6 is 11.6 Å². The Morgan fingerprint density at radius 1 is 1.22 bits per heavy atom. The summed E-state index contributed by atoms with van der Waals surface area (Å²) in [5, 5.41) is 30.1. The maximum absolute atomic E-state index is 9.92. The number of fused-ring (bicyclic) bond motifs is 1. The van der Waals surface area contributed by atoms with E-state index >= 15 is 0 Å². The average Bonchev–Trinajstić information content (AvgIpc) is 2.88. The largest absolute Gasteiger partial charge is 0.390 e. The molecule has 6 nitrogen and oxygen atoms in total. The summed E-state index contributed by atoms with van der Waals surface area (Å²) in [4.78, 5) is 8.00. The summed E-state index contributed by atoms with van der Waals surface area (Å²) >= 11 is 5.95. The summed E-state index contributed by atoms with van der Waals surface area (Å²) in [6, 6.07) is 1.33. The Morgan fingerprint density at radius 2 is 2.00 bits per heavy atom. The molecule has 1 aliphatic rings. The zero-order chi connectivity index (χ0) is 12.9. The molecule has 2 heterocycles. The molecule has 2 aromatic heterocycles. The molecule has 1 saturated carbocycles. The molecule has 3 N–H and O–H groups in total. The molecular weight excluding hydrogens is 258 g/mol. The molecule has 4 atom stereocenters. The highest BCUT2D eigenvalue weighted by atomic mass is 35.5. The number of aliphatic hydroxyl groups excluding tert-OH is 3. The Bertz CT molecular complexity index is 588. The Morgan fingerprint density at radius 3 is 2.67 bits per heavy atom. The van der Waals surface area contributed by atoms with Crippen molar-refractivity contribution in [3.05, 3.63) is 23.7 Å². The third-order valence-electron chi connectivity index (χ3n) is 3.44. The monoisotopic (exact) mass is 269 g/mol. The minimum atomic E-state index is -1.13. The lowest BCUT2D eigenvalue weighted by molar-refractivity contribution is -0.0244. The molecular formula is C11H12ClN3O3. The third kappa shape index (κ3) is 1.61. The predicted octanol–water partition coefficient (Wildman–Crippen LogP) is 0.112. The van der Waals surface area contributed by atoms with Crippen LogP contribution in [0.15, 0.2) is 18.6 Å². The van der Waals surface area contributed by atoms with Crippen molar-refractivity contribution in [3.8, 4) is 0 Å². The van der Waals surface area contributed by atoms with Crippen molar-refractivity contribution in [1.82, 2.24) is 14.5 Å². The molecule has 1 fully saturated rings. The first-order valence-electron chi connectivity index (χ1n) is 5.61. The van der Waals surface area contributed by atoms with E-state index < -0.39 is 24.4 Å². The van der Waals surface area contributed by atoms with Crippen LogP contribution in [0.2, 0.25) is 5.15 Å². The fourth-order valence-corrected chi connectivity index (χ4v) is 2.66. The van der Waals surface area contributed by atoms with Crippen molar-refractivity contribution in [2.45, 2.75) is 30.8 Å². The molecule has 0 aliphatic heterocycles. The van der Waals surface area contributed by atoms with E-state index in [2.05, 4.69) is 9.97 Å². The highest BCUT2D eigenvalue weighted by Crippen LogP contribution is 2.34. The Kier molecular flexibility index (Phi) is 2.74. The van der Waals surface area contributed by atoms with Crippen LogP contribution in [-0.2, 0) is 0 Å². The van der Waals surface area contributed by atoms with Crippen molar-refractivity contribution in [2.24, 2.45) is 0 Å². The predicted molar refractivity (Wildman–Crippen MR) is 64.2 cm³/mol. The first kappa shape index (κ1) is 11.9. The first-order valence-corrected chi connectivity index (χ1v) is 5.98. The molecule has 0 unspecified atom stereocenters. The number of rotatable bonds is 1. The molecule has 3 rings (SSSR count). The van der Waals surface area contributed by atoms with Crippen molar-refractivity contribution in [3.63, 3.8) is 0 Å². The molecule has 18 heavy (non-hydrogen) atoms. The van der Waals surface area contributed by atoms with E-state index in [0.717, 1.165) is 0 Å². The van der Waals surface area contributed by atoms with Gasteiger partial charge in [-0.1, -0.05) is 11.6 Å². The lowest BCUT2D eigenvalue weighted by atomic mass is 10.2. The average molecular weight is 270 g/mol. The van der Waals surface area contributed by atoms with Gasteiger partial charge in [0.05, 0.1) is 17.5 Å². The van der Waals surface area contributed by atoms with Crippen molar-refractivity contribution in [1.29, 1.82) is 0 Å². The second-order valence-corrected chi connectivity index (χ2v) is 4.83. The van der Waals surface area contributed by atoms with Crippen LogP contribution in [0.4, 0.5) is 0 Å². The molecule has 0 bridgehead atoms. The third-order valence-corrected chi connectivity index (χ3v) is 3.74. The Balaban J connectivity index is 2.08. The second kappa shape index (κ2) is 4.17. The molecule has 0 amide bonds. The number of nitrogens with zero attached hydrogens (tertiary/aromatic N) is 3. The number of hydrogen-bond donors (Lipinski definition) is 3. The number of halogens is 1. The van der Waals surface area contributed by atoms with E-state index in [9.17, 15) is 15.3 Å². The molecule has 0 spiro atoms. The normalized spacial score (nSPS) is 32.2. The fourth-order valence-electron chi connectivity index (χ4n) is 2.47. The zero-order valence-corrected chi connectivity index (χ0v) is 10.1. The smallest absolute Gasteiger partial charge is 0.145 e. The highest BCUT2D eigenvalue weighted by molar-refractivity contribution is 6.33. The van der Waals surface area contributed by atoms with Crippen LogP contribution in [0.1, 0.15) is 12.5 Å². The molecule has 2 aromatic rings. The summed E-state index contributed by atoms with van der Waals surface area (Å²) in [6.07, 6.45) is 0.251. The maximum Gasteiger partial charge on any atom is 0.145 e. The van der Waals surface area contributed by atoms with Gasteiger partial charge in [-0.05, 0) is 12.5 Å². The van der Waals surface area contributed by atoms with Gasteiger partial charge in [-0.3, -0.25) is 0 Å². The van der Waals surface area contributed by atoms with Gasteiger partial charge in [-0.25, -0.2) is 9.97 Å². The molecule has 1 aliphatic carbocycles. The van der Waals surface area contributed by atoms with E-state index in [0.29, 0.717) is 16.2 Å². The Hall–Kier alpha value is -1.21. The van der Waals surface area contributed by atoms with Gasteiger partial charge in [-0.15, -0.1) is 0 Å². The fraction of sp³-hybridized carbons (Fsp3) is 0.455. The number of aliphatic hydroxyl groups is 3. The topological polar surface area (TPSA) is 91.4 Å². The lowest BCUT2D eigenvalue weighted by Gasteiger charge is -2.18. The van der Waals surface area contributed by atoms with E-state index in [1.54, 1.807) is 16.8 Å². The highest BCUT2D eigenvalue weighted by Gasteiger charge is 2.41. The van der Waals surface area contributed by atoms with Gasteiger partial charge in [0.2, 0.25) is 0 Å². The molecule has 0 radical (unpaired) electrons. The van der Waals surface area contributed by atoms with Gasteiger partial charge >= 0.3 is 0 Å². The summed E-state index contributed by atoms with van der Waals surface area (Å²) in [6.45, 7) is 0. The van der Waals surface area contributed by atoms with Crippen LogP contribution in [-0.4, -0.2) is 48.2 Å². The minimum Gasteiger partial charge on any atom is -0.390 e. The summed E-state index contributed by atoms with van der Waals surface area (Å²) < 4.78 is 1.72.